The van der Waals surface area contributed by atoms with Gasteiger partial charge in [-0.25, -0.2) is 0 Å². The Kier molecular flexibility index (Phi) is 3.48. The average Bonchev–Trinajstić information content (AvgIpc) is 2.26. The van der Waals surface area contributed by atoms with Crippen LogP contribution in [-0.2, 0) is 4.74 Å². The Balaban J connectivity index is 2.00. The van der Waals surface area contributed by atoms with Gasteiger partial charge in [-0.1, -0.05) is 25.7 Å². The van der Waals surface area contributed by atoms with Crippen LogP contribution in [0, 0.1) is 11.3 Å². The zero-order valence-electron chi connectivity index (χ0n) is 9.56. The topological polar surface area (TPSA) is 9.23 Å². The maximum atomic E-state index is 5.73. The summed E-state index contributed by atoms with van der Waals surface area (Å²) in [7, 11) is 0. The molecule has 0 radical (unpaired) electrons. The van der Waals surface area contributed by atoms with Crippen molar-refractivity contribution in [3.8, 4) is 0 Å². The highest BCUT2D eigenvalue weighted by Gasteiger charge is 2.41. The summed E-state index contributed by atoms with van der Waals surface area (Å²) in [5.41, 5.74) is 0.604. The molecule has 0 N–H and O–H groups in total. The van der Waals surface area contributed by atoms with Gasteiger partial charge in [0.25, 0.3) is 0 Å². The van der Waals surface area contributed by atoms with Gasteiger partial charge in [0.15, 0.2) is 0 Å². The second kappa shape index (κ2) is 4.65. The number of rotatable bonds is 3. The van der Waals surface area contributed by atoms with Gasteiger partial charge in [0.05, 0.1) is 6.61 Å². The first-order valence-corrected chi connectivity index (χ1v) is 6.45. The average molecular weight is 196 g/mol. The molecule has 1 heteroatoms. The molecule has 0 spiro atoms. The Bertz CT molecular complexity index is 164. The second-order valence-electron chi connectivity index (χ2n) is 5.19. The van der Waals surface area contributed by atoms with Crippen LogP contribution in [0.15, 0.2) is 0 Å². The molecule has 0 bridgehead atoms. The molecule has 0 saturated heterocycles. The van der Waals surface area contributed by atoms with E-state index >= 15 is 0 Å². The predicted octanol–water partition coefficient (Wildman–Crippen LogP) is 3.77. The summed E-state index contributed by atoms with van der Waals surface area (Å²) in [4.78, 5) is 0. The number of ether oxygens (including phenoxy) is 1. The normalized spacial score (nSPS) is 37.9. The molecule has 0 aromatic carbocycles. The Hall–Kier alpha value is -0.0400. The lowest BCUT2D eigenvalue weighted by Crippen LogP contribution is -2.40. The molecule has 0 unspecified atom stereocenters. The molecule has 0 aliphatic heterocycles. The minimum Gasteiger partial charge on any atom is -0.381 e. The molecule has 0 aromatic rings. The Morgan fingerprint density at radius 2 is 1.71 bits per heavy atom. The smallest absolute Gasteiger partial charge is 0.0524 e. The Morgan fingerprint density at radius 1 is 1.07 bits per heavy atom. The third kappa shape index (κ3) is 1.98. The van der Waals surface area contributed by atoms with Crippen molar-refractivity contribution < 1.29 is 4.74 Å². The fourth-order valence-electron chi connectivity index (χ4n) is 3.59. The molecule has 82 valence electrons. The predicted molar refractivity (Wildman–Crippen MR) is 59.4 cm³/mol. The number of hydrogen-bond acceptors (Lipinski definition) is 1. The highest BCUT2D eigenvalue weighted by Crippen LogP contribution is 2.50. The van der Waals surface area contributed by atoms with E-state index in [0.29, 0.717) is 5.41 Å². The first-order chi connectivity index (χ1) is 6.87. The molecule has 2 fully saturated rings. The molecule has 0 atom stereocenters. The number of fused-ring (bicyclic) bond motifs is 1. The SMILES string of the molecule is CCOCC12CCCCC1CCCC2. The lowest BCUT2D eigenvalue weighted by molar-refractivity contribution is -0.0399. The van der Waals surface area contributed by atoms with E-state index in [-0.39, 0.29) is 0 Å². The van der Waals surface area contributed by atoms with Crippen molar-refractivity contribution in [2.45, 2.75) is 58.3 Å². The third-order valence-electron chi connectivity index (χ3n) is 4.41. The molecular weight excluding hydrogens is 172 g/mol. The molecule has 0 amide bonds. The summed E-state index contributed by atoms with van der Waals surface area (Å²) in [6.07, 6.45) is 11.7. The van der Waals surface area contributed by atoms with E-state index in [1.54, 1.807) is 0 Å². The van der Waals surface area contributed by atoms with E-state index < -0.39 is 0 Å². The lowest BCUT2D eigenvalue weighted by Gasteiger charge is -2.47. The van der Waals surface area contributed by atoms with Crippen LogP contribution in [0.5, 0.6) is 0 Å². The van der Waals surface area contributed by atoms with Crippen molar-refractivity contribution in [1.29, 1.82) is 0 Å². The zero-order chi connectivity index (χ0) is 9.86. The van der Waals surface area contributed by atoms with E-state index in [0.717, 1.165) is 19.1 Å². The van der Waals surface area contributed by atoms with Crippen LogP contribution in [0.4, 0.5) is 0 Å². The molecule has 2 saturated carbocycles. The van der Waals surface area contributed by atoms with Crippen molar-refractivity contribution in [3.05, 3.63) is 0 Å². The van der Waals surface area contributed by atoms with Gasteiger partial charge in [-0.15, -0.1) is 0 Å². The van der Waals surface area contributed by atoms with Crippen LogP contribution in [0.3, 0.4) is 0 Å². The van der Waals surface area contributed by atoms with Crippen molar-refractivity contribution in [2.75, 3.05) is 13.2 Å². The highest BCUT2D eigenvalue weighted by atomic mass is 16.5. The van der Waals surface area contributed by atoms with Gasteiger partial charge in [-0.2, -0.15) is 0 Å². The lowest BCUT2D eigenvalue weighted by atomic mass is 9.60. The van der Waals surface area contributed by atoms with Crippen LogP contribution < -0.4 is 0 Å². The van der Waals surface area contributed by atoms with Crippen LogP contribution in [0.1, 0.15) is 58.3 Å². The molecule has 2 rings (SSSR count). The maximum absolute atomic E-state index is 5.73. The summed E-state index contributed by atoms with van der Waals surface area (Å²) >= 11 is 0. The molecule has 1 nitrogen and oxygen atoms in total. The quantitative estimate of drug-likeness (QED) is 0.667. The van der Waals surface area contributed by atoms with Crippen LogP contribution in [0.25, 0.3) is 0 Å². The molecule has 14 heavy (non-hydrogen) atoms. The van der Waals surface area contributed by atoms with E-state index in [2.05, 4.69) is 6.92 Å². The summed E-state index contributed by atoms with van der Waals surface area (Å²) in [5.74, 6) is 0.997. The molecule has 2 aliphatic carbocycles. The van der Waals surface area contributed by atoms with E-state index in [1.807, 2.05) is 0 Å². The minimum atomic E-state index is 0.604. The Labute approximate surface area is 88.2 Å². The van der Waals surface area contributed by atoms with Gasteiger partial charge < -0.3 is 4.74 Å². The largest absolute Gasteiger partial charge is 0.381 e. The van der Waals surface area contributed by atoms with Crippen molar-refractivity contribution in [2.24, 2.45) is 11.3 Å². The van der Waals surface area contributed by atoms with Crippen LogP contribution >= 0.6 is 0 Å². The highest BCUT2D eigenvalue weighted by molar-refractivity contribution is 4.92. The van der Waals surface area contributed by atoms with E-state index in [1.165, 1.54) is 51.4 Å². The van der Waals surface area contributed by atoms with Crippen LogP contribution in [-0.4, -0.2) is 13.2 Å². The molecule has 2 aliphatic rings. The first-order valence-electron chi connectivity index (χ1n) is 6.45. The van der Waals surface area contributed by atoms with Crippen molar-refractivity contribution in [1.82, 2.24) is 0 Å². The van der Waals surface area contributed by atoms with Gasteiger partial charge >= 0.3 is 0 Å². The molecular formula is C13H24O. The summed E-state index contributed by atoms with van der Waals surface area (Å²) in [5, 5.41) is 0. The zero-order valence-corrected chi connectivity index (χ0v) is 9.56. The van der Waals surface area contributed by atoms with Gasteiger partial charge in [0.1, 0.15) is 0 Å². The van der Waals surface area contributed by atoms with Crippen molar-refractivity contribution >= 4 is 0 Å². The minimum absolute atomic E-state index is 0.604. The van der Waals surface area contributed by atoms with E-state index in [9.17, 15) is 0 Å². The number of hydrogen-bond donors (Lipinski definition) is 0. The summed E-state index contributed by atoms with van der Waals surface area (Å²) < 4.78 is 5.73. The second-order valence-corrected chi connectivity index (χ2v) is 5.19. The van der Waals surface area contributed by atoms with Gasteiger partial charge in [0.2, 0.25) is 0 Å². The van der Waals surface area contributed by atoms with Gasteiger partial charge in [0, 0.05) is 6.61 Å². The monoisotopic (exact) mass is 196 g/mol. The fourth-order valence-corrected chi connectivity index (χ4v) is 3.59. The Morgan fingerprint density at radius 3 is 2.29 bits per heavy atom. The van der Waals surface area contributed by atoms with Gasteiger partial charge in [-0.05, 0) is 43.9 Å². The molecule has 0 heterocycles. The van der Waals surface area contributed by atoms with Gasteiger partial charge in [-0.3, -0.25) is 0 Å². The standard InChI is InChI=1S/C13H24O/c1-2-14-11-13-9-5-3-7-12(13)8-4-6-10-13/h12H,2-11H2,1H3. The van der Waals surface area contributed by atoms with Crippen molar-refractivity contribution in [3.63, 3.8) is 0 Å². The maximum Gasteiger partial charge on any atom is 0.0524 e. The third-order valence-corrected chi connectivity index (χ3v) is 4.41. The van der Waals surface area contributed by atoms with Crippen LogP contribution in [0.2, 0.25) is 0 Å². The summed E-state index contributed by atoms with van der Waals surface area (Å²) in [6, 6.07) is 0. The molecule has 0 aromatic heterocycles. The first kappa shape index (κ1) is 10.5. The fraction of sp³-hybridized carbons (Fsp3) is 1.00. The van der Waals surface area contributed by atoms with E-state index in [4.69, 9.17) is 4.74 Å². The summed E-state index contributed by atoms with van der Waals surface area (Å²) in [6.45, 7) is 4.07.